The number of aryl methyl sites for hydroxylation is 3. The fourth-order valence-corrected chi connectivity index (χ4v) is 9.02. The quantitative estimate of drug-likeness (QED) is 0.0547. The molecule has 3 aromatic rings. The first-order chi connectivity index (χ1) is 32.3. The van der Waals surface area contributed by atoms with Crippen LogP contribution in [-0.4, -0.2) is 126 Å². The molecule has 10 atom stereocenters. The lowest BCUT2D eigenvalue weighted by molar-refractivity contribution is -0.385. The van der Waals surface area contributed by atoms with Crippen molar-refractivity contribution >= 4 is 55.8 Å². The van der Waals surface area contributed by atoms with E-state index in [1.165, 1.54) is 73.7 Å². The first-order valence-electron chi connectivity index (χ1n) is 21.0. The second kappa shape index (κ2) is 23.1. The van der Waals surface area contributed by atoms with Crippen molar-refractivity contribution in [1.29, 1.82) is 0 Å². The number of hydrogen-bond acceptors (Lipinski definition) is 22. The number of esters is 5. The molecule has 0 unspecified atom stereocenters. The van der Waals surface area contributed by atoms with E-state index in [4.69, 9.17) is 51.0 Å². The summed E-state index contributed by atoms with van der Waals surface area (Å²) in [6, 6.07) is 15.2. The Bertz CT molecular complexity index is 2590. The van der Waals surface area contributed by atoms with Crippen molar-refractivity contribution < 1.29 is 96.7 Å². The topological polar surface area (TPSA) is 298 Å². The van der Waals surface area contributed by atoms with E-state index in [-0.39, 0.29) is 21.0 Å². The maximum absolute atomic E-state index is 13.6. The summed E-state index contributed by atoms with van der Waals surface area (Å²) >= 11 is 0. The van der Waals surface area contributed by atoms with Gasteiger partial charge in [-0.05, 0) is 50.6 Å². The minimum atomic E-state index is -4.63. The molecule has 0 saturated carbocycles. The van der Waals surface area contributed by atoms with Crippen molar-refractivity contribution in [1.82, 2.24) is 0 Å². The zero-order valence-electron chi connectivity index (χ0n) is 38.5. The number of hydrogen-bond donors (Lipinski definition) is 0. The summed E-state index contributed by atoms with van der Waals surface area (Å²) in [5.41, 5.74) is 1.73. The van der Waals surface area contributed by atoms with Crippen molar-refractivity contribution in [3.63, 3.8) is 0 Å². The highest BCUT2D eigenvalue weighted by Crippen LogP contribution is 2.37. The lowest BCUT2D eigenvalue weighted by Gasteiger charge is -2.48. The van der Waals surface area contributed by atoms with Crippen LogP contribution < -0.4 is 0 Å². The fraction of sp³-hybridized carbons (Fsp3) is 0.477. The second-order valence-electron chi connectivity index (χ2n) is 15.8. The summed E-state index contributed by atoms with van der Waals surface area (Å²) < 4.78 is 118. The Morgan fingerprint density at radius 3 is 1.39 bits per heavy atom. The third-order valence-corrected chi connectivity index (χ3v) is 12.9. The number of nitro groups is 1. The monoisotopic (exact) mass is 1010 g/mol. The Labute approximate surface area is 396 Å². The molecule has 2 fully saturated rings. The molecule has 0 spiro atoms. The van der Waals surface area contributed by atoms with Gasteiger partial charge in [-0.25, -0.2) is 0 Å². The Hall–Kier alpha value is -5.93. The molecule has 0 aromatic heterocycles. The third-order valence-electron chi connectivity index (χ3n) is 10.3. The van der Waals surface area contributed by atoms with Crippen LogP contribution in [0.25, 0.3) is 0 Å². The van der Waals surface area contributed by atoms with Gasteiger partial charge in [-0.15, -0.1) is 0 Å². The molecule has 2 aliphatic heterocycles. The molecule has 376 valence electrons. The highest BCUT2D eigenvalue weighted by atomic mass is 32.2. The van der Waals surface area contributed by atoms with E-state index in [2.05, 4.69) is 0 Å². The molecule has 0 amide bonds. The zero-order chi connectivity index (χ0) is 51.0. The van der Waals surface area contributed by atoms with E-state index >= 15 is 0 Å². The first kappa shape index (κ1) is 54.0. The van der Waals surface area contributed by atoms with Crippen LogP contribution >= 0.6 is 0 Å². The van der Waals surface area contributed by atoms with Gasteiger partial charge in [-0.2, -0.15) is 16.8 Å². The maximum Gasteiger partial charge on any atom is 0.303 e. The Balaban J connectivity index is 1.63. The summed E-state index contributed by atoms with van der Waals surface area (Å²) in [6.07, 6.45) is -18.6. The second-order valence-corrected chi connectivity index (χ2v) is 19.1. The van der Waals surface area contributed by atoms with Crippen LogP contribution in [0.2, 0.25) is 0 Å². The first-order valence-corrected chi connectivity index (χ1v) is 23.8. The highest BCUT2D eigenvalue weighted by molar-refractivity contribution is 7.87. The summed E-state index contributed by atoms with van der Waals surface area (Å²) in [7, 11) is -9.22. The number of carbonyl (C=O) groups excluding carboxylic acids is 5. The molecule has 2 heterocycles. The van der Waals surface area contributed by atoms with Crippen LogP contribution in [-0.2, 0) is 102 Å². The average molecular weight is 1010 g/mol. The normalized spacial score (nSPS) is 24.9. The summed E-state index contributed by atoms with van der Waals surface area (Å²) in [6.45, 7) is 7.35. The average Bonchev–Trinajstić information content (AvgIpc) is 3.25. The molecule has 23 nitrogen and oxygen atoms in total. The van der Waals surface area contributed by atoms with E-state index < -0.39 is 136 Å². The molecule has 0 aliphatic carbocycles. The molecule has 3 aromatic carbocycles. The minimum absolute atomic E-state index is 0.228. The summed E-state index contributed by atoms with van der Waals surface area (Å²) in [5.74, 6) is -5.09. The molecule has 2 saturated heterocycles. The summed E-state index contributed by atoms with van der Waals surface area (Å²) in [5, 5.41) is 11.7. The molecule has 2 aliphatic rings. The summed E-state index contributed by atoms with van der Waals surface area (Å²) in [4.78, 5) is 74.3. The van der Waals surface area contributed by atoms with Crippen molar-refractivity contribution in [2.75, 3.05) is 13.2 Å². The lowest BCUT2D eigenvalue weighted by Crippen LogP contribution is -2.67. The number of ether oxygens (including phenoxy) is 9. The Morgan fingerprint density at radius 1 is 0.551 bits per heavy atom. The zero-order valence-corrected chi connectivity index (χ0v) is 40.1. The SMILES string of the molecule is CC(=O)O[C@@H]1[C@@H](OC(C)=O)[C@@H](O[C@H]2[C@H](OC(C)=O)[C@@H](OC(C)=O)[C@H](OCc3ccc(C)c([N+](=O)[O-])c3)O[C@@H]2COS(=O)(=O)c2ccc(C)cc2)O[C@H](COS(=O)(=O)c2ccc(C)cc2)[C@H]1OC(C)=O. The number of nitro benzene ring substituents is 1. The fourth-order valence-electron chi connectivity index (χ4n) is 7.19. The smallest absolute Gasteiger partial charge is 0.303 e. The van der Waals surface area contributed by atoms with Gasteiger partial charge in [-0.1, -0.05) is 47.5 Å². The minimum Gasteiger partial charge on any atom is -0.456 e. The molecule has 0 N–H and O–H groups in total. The number of rotatable bonds is 19. The predicted molar refractivity (Wildman–Crippen MR) is 231 cm³/mol. The van der Waals surface area contributed by atoms with E-state index in [1.54, 1.807) is 13.8 Å². The standard InChI is InChI=1S/C44H51NO22S2/c1-23-9-15-32(16-10-23)68(53,54)58-21-35-37(60-26(4)46)39(61-27(5)47)42(64-30(8)50)44(66-35)67-38-36(22-59-69(55,56)33-17-11-24(2)12-18-33)65-43(41(63-29(7)49)40(38)62-28(6)48)57-20-31-14-13-25(3)34(19-31)45(51)52/h9-19,35-44H,20-22H2,1-8H3/t35-,36-,37-,38-,39+,40+,41-,42-,43-,44-/m1/s1. The maximum atomic E-state index is 13.6. The van der Waals surface area contributed by atoms with E-state index in [9.17, 15) is 50.9 Å². The van der Waals surface area contributed by atoms with Gasteiger partial charge in [0, 0.05) is 46.2 Å². The van der Waals surface area contributed by atoms with Crippen molar-refractivity contribution in [2.24, 2.45) is 0 Å². The van der Waals surface area contributed by atoms with Gasteiger partial charge in [0.15, 0.2) is 43.1 Å². The van der Waals surface area contributed by atoms with Gasteiger partial charge in [-0.3, -0.25) is 42.5 Å². The van der Waals surface area contributed by atoms with Crippen LogP contribution in [0.5, 0.6) is 0 Å². The molecule has 0 radical (unpaired) electrons. The van der Waals surface area contributed by atoms with Crippen LogP contribution in [0.1, 0.15) is 56.9 Å². The van der Waals surface area contributed by atoms with Gasteiger partial charge in [0.1, 0.15) is 18.3 Å². The molecular formula is C44H51NO22S2. The molecular weight excluding hydrogens is 959 g/mol. The van der Waals surface area contributed by atoms with Crippen LogP contribution in [0, 0.1) is 30.9 Å². The number of nitrogens with zero attached hydrogens (tertiary/aromatic N) is 1. The van der Waals surface area contributed by atoms with E-state index in [0.717, 1.165) is 40.2 Å². The van der Waals surface area contributed by atoms with Crippen LogP contribution in [0.15, 0.2) is 76.5 Å². The van der Waals surface area contributed by atoms with Crippen LogP contribution in [0.3, 0.4) is 0 Å². The largest absolute Gasteiger partial charge is 0.456 e. The van der Waals surface area contributed by atoms with Gasteiger partial charge in [0.25, 0.3) is 25.9 Å². The predicted octanol–water partition coefficient (Wildman–Crippen LogP) is 3.34. The van der Waals surface area contributed by atoms with Gasteiger partial charge < -0.3 is 42.6 Å². The number of benzene rings is 3. The lowest BCUT2D eigenvalue weighted by atomic mass is 9.96. The Kier molecular flexibility index (Phi) is 18.1. The van der Waals surface area contributed by atoms with E-state index in [0.29, 0.717) is 11.1 Å². The van der Waals surface area contributed by atoms with Gasteiger partial charge >= 0.3 is 29.8 Å². The van der Waals surface area contributed by atoms with Crippen molar-refractivity contribution in [2.45, 2.75) is 133 Å². The van der Waals surface area contributed by atoms with Gasteiger partial charge in [0.2, 0.25) is 0 Å². The third kappa shape index (κ3) is 14.6. The van der Waals surface area contributed by atoms with Crippen LogP contribution in [0.4, 0.5) is 5.69 Å². The molecule has 69 heavy (non-hydrogen) atoms. The number of carbonyl (C=O) groups is 5. The highest BCUT2D eigenvalue weighted by Gasteiger charge is 2.58. The van der Waals surface area contributed by atoms with Gasteiger partial charge in [0.05, 0.1) is 34.5 Å². The molecule has 25 heteroatoms. The Morgan fingerprint density at radius 2 is 0.942 bits per heavy atom. The molecule has 5 rings (SSSR count). The van der Waals surface area contributed by atoms with Crippen molar-refractivity contribution in [3.8, 4) is 0 Å². The van der Waals surface area contributed by atoms with E-state index in [1.807, 2.05) is 0 Å². The van der Waals surface area contributed by atoms with Crippen molar-refractivity contribution in [3.05, 3.63) is 99.1 Å². The molecule has 0 bridgehead atoms.